The van der Waals surface area contributed by atoms with Crippen molar-refractivity contribution in [2.75, 3.05) is 13.2 Å². The van der Waals surface area contributed by atoms with Crippen LogP contribution in [0.25, 0.3) is 22.6 Å². The van der Waals surface area contributed by atoms with E-state index in [2.05, 4.69) is 65.0 Å². The molecule has 5 rings (SSSR count). The lowest BCUT2D eigenvalue weighted by molar-refractivity contribution is -0.137. The summed E-state index contributed by atoms with van der Waals surface area (Å²) in [7, 11) is -0.475. The van der Waals surface area contributed by atoms with E-state index < -0.39 is 18.3 Å². The molecule has 2 aliphatic rings. The highest BCUT2D eigenvalue weighted by Gasteiger charge is 2.52. The third-order valence-corrected chi connectivity index (χ3v) is 8.45. The highest BCUT2D eigenvalue weighted by atomic mass is 16.7. The van der Waals surface area contributed by atoms with Gasteiger partial charge in [-0.15, -0.1) is 0 Å². The van der Waals surface area contributed by atoms with Crippen LogP contribution in [-0.2, 0) is 23.6 Å². The minimum Gasteiger partial charge on any atom is -0.463 e. The smallest absolute Gasteiger partial charge is 0.463 e. The van der Waals surface area contributed by atoms with Gasteiger partial charge in [-0.1, -0.05) is 37.3 Å². The Morgan fingerprint density at radius 1 is 1.05 bits per heavy atom. The average molecular weight is 557 g/mol. The maximum absolute atomic E-state index is 11.8. The molecular formula is C33H41BN2O5. The Balaban J connectivity index is 1.57. The molecule has 8 heteroatoms. The minimum absolute atomic E-state index is 0.0201. The van der Waals surface area contributed by atoms with Crippen LogP contribution >= 0.6 is 0 Å². The van der Waals surface area contributed by atoms with Gasteiger partial charge in [-0.3, -0.25) is 0 Å². The lowest BCUT2D eigenvalue weighted by Gasteiger charge is -2.32. The van der Waals surface area contributed by atoms with E-state index in [0.717, 1.165) is 70.9 Å². The number of hydrogen-bond donors (Lipinski definition) is 0. The number of carbonyl (C=O) groups excluding carboxylic acids is 1. The molecule has 2 saturated heterocycles. The van der Waals surface area contributed by atoms with E-state index in [4.69, 9.17) is 23.9 Å². The number of aromatic nitrogens is 2. The predicted molar refractivity (Wildman–Crippen MR) is 163 cm³/mol. The molecular weight excluding hydrogens is 515 g/mol. The Labute approximate surface area is 243 Å². The molecule has 0 aliphatic carbocycles. The summed E-state index contributed by atoms with van der Waals surface area (Å²) in [6, 6.07) is 14.7. The van der Waals surface area contributed by atoms with Crippen molar-refractivity contribution >= 4 is 35.6 Å². The van der Waals surface area contributed by atoms with Gasteiger partial charge in [-0.2, -0.15) is 5.10 Å². The number of ether oxygens (including phenoxy) is 2. The van der Waals surface area contributed by atoms with Gasteiger partial charge in [0.2, 0.25) is 0 Å². The highest BCUT2D eigenvalue weighted by Crippen LogP contribution is 2.42. The number of hydrogen-bond acceptors (Lipinski definition) is 6. The first-order valence-electron chi connectivity index (χ1n) is 14.8. The molecule has 1 aromatic heterocycles. The summed E-state index contributed by atoms with van der Waals surface area (Å²) < 4.78 is 26.2. The van der Waals surface area contributed by atoms with Crippen molar-refractivity contribution < 1.29 is 23.6 Å². The molecule has 1 atom stereocenters. The summed E-state index contributed by atoms with van der Waals surface area (Å²) in [6.45, 7) is 13.4. The molecule has 0 bridgehead atoms. The van der Waals surface area contributed by atoms with Crippen LogP contribution in [0, 0.1) is 0 Å². The van der Waals surface area contributed by atoms with Crippen molar-refractivity contribution in [2.45, 2.75) is 84.7 Å². The van der Waals surface area contributed by atoms with Crippen molar-refractivity contribution in [1.29, 1.82) is 0 Å². The van der Waals surface area contributed by atoms with Crippen LogP contribution in [0.3, 0.4) is 0 Å². The second-order valence-electron chi connectivity index (χ2n) is 11.7. The quantitative estimate of drug-likeness (QED) is 0.167. The number of carbonyl (C=O) groups is 1. The number of allylic oxidation sites excluding steroid dienone is 1. The first-order chi connectivity index (χ1) is 19.6. The van der Waals surface area contributed by atoms with Crippen LogP contribution in [0.2, 0.25) is 0 Å². The Bertz CT molecular complexity index is 1430. The summed E-state index contributed by atoms with van der Waals surface area (Å²) in [4.78, 5) is 11.8. The van der Waals surface area contributed by atoms with E-state index >= 15 is 0 Å². The normalized spacial score (nSPS) is 20.9. The van der Waals surface area contributed by atoms with Crippen LogP contribution in [0.4, 0.5) is 0 Å². The van der Waals surface area contributed by atoms with Gasteiger partial charge in [-0.25, -0.2) is 9.48 Å². The number of fused-ring (bicyclic) bond motifs is 1. The van der Waals surface area contributed by atoms with Gasteiger partial charge in [0.25, 0.3) is 0 Å². The summed E-state index contributed by atoms with van der Waals surface area (Å²) in [5, 5.41) is 5.78. The first-order valence-corrected chi connectivity index (χ1v) is 14.8. The van der Waals surface area contributed by atoms with Crippen molar-refractivity contribution in [3.8, 4) is 0 Å². The fourth-order valence-corrected chi connectivity index (χ4v) is 5.45. The Morgan fingerprint density at radius 2 is 1.76 bits per heavy atom. The Hall–Kier alpha value is -3.20. The Morgan fingerprint density at radius 3 is 2.39 bits per heavy atom. The molecule has 0 amide bonds. The summed E-state index contributed by atoms with van der Waals surface area (Å²) in [6.07, 6.45) is 9.12. The summed E-state index contributed by atoms with van der Waals surface area (Å²) in [5.74, 6) is -0.348. The summed E-state index contributed by atoms with van der Waals surface area (Å²) in [5.41, 5.74) is 5.37. The minimum atomic E-state index is -0.475. The average Bonchev–Trinajstić information content (AvgIpc) is 3.47. The fraction of sp³-hybridized carbons (Fsp3) is 0.455. The molecule has 216 valence electrons. The third-order valence-electron chi connectivity index (χ3n) is 8.45. The fourth-order valence-electron chi connectivity index (χ4n) is 5.45. The third kappa shape index (κ3) is 6.06. The maximum atomic E-state index is 11.8. The molecule has 2 aliphatic heterocycles. The van der Waals surface area contributed by atoms with E-state index in [1.807, 2.05) is 23.0 Å². The predicted octanol–water partition coefficient (Wildman–Crippen LogP) is 7.16. The zero-order chi connectivity index (χ0) is 29.2. The van der Waals surface area contributed by atoms with Crippen LogP contribution in [-0.4, -0.2) is 47.3 Å². The van der Waals surface area contributed by atoms with E-state index in [0.29, 0.717) is 6.61 Å². The summed E-state index contributed by atoms with van der Waals surface area (Å²) >= 11 is 0. The molecule has 0 spiro atoms. The van der Waals surface area contributed by atoms with Crippen molar-refractivity contribution in [3.05, 3.63) is 76.9 Å². The standard InChI is InChI=1S/C33H41BN2O5/c1-7-27(34-40-32(3,4)33(5,6)41-34)31(24-15-12-23(13-16-24)14-19-30(37)38-8-2)25-17-18-28-26(21-25)22-35-36(28)29-11-9-10-20-39-29/h12-19,21-22,29H,7-11,20H2,1-6H3/b19-14+,31-27+. The van der Waals surface area contributed by atoms with Gasteiger partial charge in [0.15, 0.2) is 6.23 Å². The van der Waals surface area contributed by atoms with Crippen LogP contribution in [0.15, 0.2) is 60.2 Å². The van der Waals surface area contributed by atoms with Gasteiger partial charge in [0.05, 0.1) is 29.5 Å². The van der Waals surface area contributed by atoms with Crippen LogP contribution < -0.4 is 0 Å². The second-order valence-corrected chi connectivity index (χ2v) is 11.7. The molecule has 1 unspecified atom stereocenters. The van der Waals surface area contributed by atoms with Gasteiger partial charge >= 0.3 is 13.1 Å². The van der Waals surface area contributed by atoms with E-state index in [9.17, 15) is 4.79 Å². The van der Waals surface area contributed by atoms with Crippen LogP contribution in [0.5, 0.6) is 0 Å². The molecule has 7 nitrogen and oxygen atoms in total. The van der Waals surface area contributed by atoms with E-state index in [1.165, 1.54) is 6.08 Å². The highest BCUT2D eigenvalue weighted by molar-refractivity contribution is 6.56. The number of nitrogens with zero attached hydrogens (tertiary/aromatic N) is 2. The van der Waals surface area contributed by atoms with E-state index in [-0.39, 0.29) is 12.2 Å². The molecule has 0 N–H and O–H groups in total. The number of benzene rings is 2. The van der Waals surface area contributed by atoms with Crippen molar-refractivity contribution in [3.63, 3.8) is 0 Å². The van der Waals surface area contributed by atoms with Gasteiger partial charge < -0.3 is 18.8 Å². The van der Waals surface area contributed by atoms with E-state index in [1.54, 1.807) is 13.0 Å². The van der Waals surface area contributed by atoms with Gasteiger partial charge in [0, 0.05) is 18.1 Å². The maximum Gasteiger partial charge on any atom is 0.491 e. The Kier molecular flexibility index (Phi) is 8.55. The van der Waals surface area contributed by atoms with Crippen molar-refractivity contribution in [2.24, 2.45) is 0 Å². The molecule has 2 fully saturated rings. The zero-order valence-corrected chi connectivity index (χ0v) is 25.1. The zero-order valence-electron chi connectivity index (χ0n) is 25.1. The van der Waals surface area contributed by atoms with Crippen molar-refractivity contribution in [1.82, 2.24) is 9.78 Å². The first kappa shape index (κ1) is 29.3. The molecule has 3 aromatic rings. The lowest BCUT2D eigenvalue weighted by atomic mass is 9.70. The number of rotatable bonds is 8. The van der Waals surface area contributed by atoms with Gasteiger partial charge in [0.1, 0.15) is 0 Å². The number of esters is 1. The molecule has 0 saturated carbocycles. The molecule has 2 aromatic carbocycles. The SMILES string of the molecule is CCOC(=O)/C=C/c1ccc(/C(=C(/CC)B2OC(C)(C)C(C)(C)O2)c2ccc3c(cnn3C3CCCCO3)c2)cc1. The molecule has 0 radical (unpaired) electrons. The van der Waals surface area contributed by atoms with Crippen LogP contribution in [0.1, 0.15) is 90.1 Å². The largest absolute Gasteiger partial charge is 0.491 e. The topological polar surface area (TPSA) is 71.8 Å². The monoisotopic (exact) mass is 556 g/mol. The second kappa shape index (κ2) is 12.0. The lowest BCUT2D eigenvalue weighted by Crippen LogP contribution is -2.41. The molecule has 41 heavy (non-hydrogen) atoms. The molecule has 3 heterocycles. The van der Waals surface area contributed by atoms with Gasteiger partial charge in [-0.05, 0) is 106 Å².